The second kappa shape index (κ2) is 10.6. The van der Waals surface area contributed by atoms with E-state index >= 15 is 0 Å². The van der Waals surface area contributed by atoms with Crippen LogP contribution in [-0.2, 0) is 10.8 Å². The molecule has 0 bridgehead atoms. The van der Waals surface area contributed by atoms with E-state index in [-0.39, 0.29) is 10.8 Å². The third-order valence-electron chi connectivity index (χ3n) is 10.7. The lowest BCUT2D eigenvalue weighted by molar-refractivity contribution is 0.617. The lowest BCUT2D eigenvalue weighted by Gasteiger charge is -2.32. The highest BCUT2D eigenvalue weighted by atomic mass is 14.7. The van der Waals surface area contributed by atoms with Crippen LogP contribution in [0.2, 0.25) is 0 Å². The normalized spacial score (nSPS) is 16.4. The zero-order valence-electron chi connectivity index (χ0n) is 27.7. The van der Waals surface area contributed by atoms with Gasteiger partial charge in [0.2, 0.25) is 0 Å². The summed E-state index contributed by atoms with van der Waals surface area (Å²) >= 11 is 0. The minimum Gasteiger partial charge on any atom is -0.272 e. The predicted octanol–water partition coefficient (Wildman–Crippen LogP) is 11.7. The van der Waals surface area contributed by atoms with Gasteiger partial charge in [0.25, 0.3) is 0 Å². The van der Waals surface area contributed by atoms with Gasteiger partial charge >= 0.3 is 0 Å². The van der Waals surface area contributed by atoms with Gasteiger partial charge in [-0.3, -0.25) is 4.99 Å². The molecule has 0 radical (unpaired) electrons. The summed E-state index contributed by atoms with van der Waals surface area (Å²) in [6.07, 6.45) is 4.02. The second-order valence-electron chi connectivity index (χ2n) is 13.9. The van der Waals surface area contributed by atoms with E-state index in [2.05, 4.69) is 168 Å². The Morgan fingerprint density at radius 3 is 2.09 bits per heavy atom. The first-order valence-corrected chi connectivity index (χ1v) is 16.4. The number of pyridine rings is 1. The summed E-state index contributed by atoms with van der Waals surface area (Å²) in [6, 6.07) is 41.9. The number of benzene rings is 5. The van der Waals surface area contributed by atoms with Gasteiger partial charge in [0.1, 0.15) is 0 Å². The monoisotopic (exact) mass is 606 g/mol. The van der Waals surface area contributed by atoms with Gasteiger partial charge < -0.3 is 0 Å². The molecule has 8 rings (SSSR count). The number of rotatable bonds is 4. The lowest BCUT2D eigenvalue weighted by Crippen LogP contribution is -2.23. The van der Waals surface area contributed by atoms with Crippen molar-refractivity contribution in [1.29, 1.82) is 0 Å². The molecule has 2 heteroatoms. The number of fused-ring (bicyclic) bond motifs is 7. The third kappa shape index (κ3) is 4.24. The average Bonchev–Trinajstić information content (AvgIpc) is 3.30. The number of allylic oxidation sites excluding steroid dienone is 5. The molecule has 5 aromatic carbocycles. The Morgan fingerprint density at radius 1 is 0.638 bits per heavy atom. The van der Waals surface area contributed by atoms with Gasteiger partial charge in [-0.05, 0) is 87.3 Å². The fraction of sp³-hybridized carbons (Fsp3) is 0.156. The van der Waals surface area contributed by atoms with Crippen LogP contribution in [0.1, 0.15) is 56.9 Å². The van der Waals surface area contributed by atoms with Gasteiger partial charge in [0, 0.05) is 33.4 Å². The molecule has 1 heterocycles. The first-order valence-electron chi connectivity index (χ1n) is 16.4. The van der Waals surface area contributed by atoms with Gasteiger partial charge in [-0.15, -0.1) is 0 Å². The van der Waals surface area contributed by atoms with Gasteiger partial charge in [-0.1, -0.05) is 136 Å². The number of hydrogen-bond acceptors (Lipinski definition) is 2. The first-order chi connectivity index (χ1) is 22.7. The van der Waals surface area contributed by atoms with Crippen molar-refractivity contribution in [3.63, 3.8) is 0 Å². The molecule has 0 N–H and O–H groups in total. The van der Waals surface area contributed by atoms with Crippen molar-refractivity contribution < 1.29 is 0 Å². The van der Waals surface area contributed by atoms with Gasteiger partial charge in [-0.2, -0.15) is 0 Å². The SMILES string of the molecule is C=N/C=C\C1=C(C)C(C)(C)c2ccccc2C2=C1c1c(-c3cccc(-c4nc5ccccc5c5ccccc45)c3)cccc1C2(C)C. The van der Waals surface area contributed by atoms with Crippen molar-refractivity contribution in [2.45, 2.75) is 45.4 Å². The summed E-state index contributed by atoms with van der Waals surface area (Å²) in [7, 11) is 0. The highest BCUT2D eigenvalue weighted by Gasteiger charge is 2.45. The quantitative estimate of drug-likeness (QED) is 0.145. The van der Waals surface area contributed by atoms with Crippen LogP contribution in [0.25, 0.3) is 55.2 Å². The van der Waals surface area contributed by atoms with E-state index in [1.807, 2.05) is 6.20 Å². The summed E-state index contributed by atoms with van der Waals surface area (Å²) in [6.45, 7) is 15.6. The fourth-order valence-corrected chi connectivity index (χ4v) is 8.16. The maximum atomic E-state index is 5.24. The minimum absolute atomic E-state index is 0.171. The number of para-hydroxylation sites is 1. The van der Waals surface area contributed by atoms with E-state index in [0.29, 0.717) is 0 Å². The molecule has 0 unspecified atom stereocenters. The van der Waals surface area contributed by atoms with Crippen molar-refractivity contribution in [3.8, 4) is 22.4 Å². The largest absolute Gasteiger partial charge is 0.272 e. The summed E-state index contributed by atoms with van der Waals surface area (Å²) < 4.78 is 0. The maximum Gasteiger partial charge on any atom is 0.0788 e. The number of hydrogen-bond donors (Lipinski definition) is 0. The first kappa shape index (κ1) is 29.1. The zero-order chi connectivity index (χ0) is 32.5. The summed E-state index contributed by atoms with van der Waals surface area (Å²) in [5.41, 5.74) is 15.7. The minimum atomic E-state index is -0.216. The zero-order valence-corrected chi connectivity index (χ0v) is 27.7. The molecular formula is C45H38N2. The third-order valence-corrected chi connectivity index (χ3v) is 10.7. The van der Waals surface area contributed by atoms with Crippen molar-refractivity contribution in [3.05, 3.63) is 161 Å². The lowest BCUT2D eigenvalue weighted by atomic mass is 9.71. The molecule has 0 saturated carbocycles. The molecule has 0 atom stereocenters. The van der Waals surface area contributed by atoms with E-state index in [1.54, 1.807) is 0 Å². The summed E-state index contributed by atoms with van der Waals surface area (Å²) in [4.78, 5) is 9.41. The standard InChI is InChI=1S/C45H38N2/c1-28-31(25-26-46-6)41-40-32(21-14-23-38(40)45(4,5)42(41)36-20-9-11-22-37(36)44(28,2)3)29-15-13-16-30(27-29)43-35-19-8-7-17-33(35)34-18-10-12-24-39(34)47-43/h7-27H,6H2,1-5H3/b26-25-. The van der Waals surface area contributed by atoms with E-state index in [9.17, 15) is 0 Å². The molecule has 0 aliphatic heterocycles. The molecule has 6 aromatic rings. The van der Waals surface area contributed by atoms with Crippen LogP contribution in [0.3, 0.4) is 0 Å². The molecule has 2 aliphatic carbocycles. The molecule has 0 amide bonds. The van der Waals surface area contributed by atoms with Crippen LogP contribution in [-0.4, -0.2) is 11.7 Å². The highest BCUT2D eigenvalue weighted by molar-refractivity contribution is 6.13. The summed E-state index contributed by atoms with van der Waals surface area (Å²) in [5, 5.41) is 3.57. The van der Waals surface area contributed by atoms with Crippen molar-refractivity contribution in [2.75, 3.05) is 0 Å². The van der Waals surface area contributed by atoms with Gasteiger partial charge in [0.05, 0.1) is 11.2 Å². The maximum absolute atomic E-state index is 5.24. The van der Waals surface area contributed by atoms with Crippen LogP contribution in [0.4, 0.5) is 0 Å². The number of nitrogens with zero attached hydrogens (tertiary/aromatic N) is 2. The molecule has 0 spiro atoms. The predicted molar refractivity (Wildman–Crippen MR) is 201 cm³/mol. The van der Waals surface area contributed by atoms with Crippen molar-refractivity contribution in [1.82, 2.24) is 4.98 Å². The molecule has 0 fully saturated rings. The Labute approximate surface area is 277 Å². The second-order valence-corrected chi connectivity index (χ2v) is 13.9. The van der Waals surface area contributed by atoms with Gasteiger partial charge in [0.15, 0.2) is 0 Å². The Morgan fingerprint density at radius 2 is 1.28 bits per heavy atom. The highest BCUT2D eigenvalue weighted by Crippen LogP contribution is 2.60. The van der Waals surface area contributed by atoms with Crippen LogP contribution in [0.15, 0.2) is 144 Å². The smallest absolute Gasteiger partial charge is 0.0788 e. The average molecular weight is 607 g/mol. The van der Waals surface area contributed by atoms with Gasteiger partial charge in [-0.25, -0.2) is 4.98 Å². The fourth-order valence-electron chi connectivity index (χ4n) is 8.16. The van der Waals surface area contributed by atoms with Crippen molar-refractivity contribution in [2.24, 2.45) is 4.99 Å². The molecule has 228 valence electrons. The van der Waals surface area contributed by atoms with E-state index in [1.165, 1.54) is 71.8 Å². The molecule has 2 aliphatic rings. The van der Waals surface area contributed by atoms with Crippen LogP contribution in [0.5, 0.6) is 0 Å². The van der Waals surface area contributed by atoms with E-state index < -0.39 is 0 Å². The topological polar surface area (TPSA) is 25.2 Å². The molecule has 0 saturated heterocycles. The Balaban J connectivity index is 1.42. The Kier molecular flexibility index (Phi) is 6.56. The van der Waals surface area contributed by atoms with Crippen LogP contribution >= 0.6 is 0 Å². The molecule has 47 heavy (non-hydrogen) atoms. The Hall–Kier alpha value is -5.34. The molecule has 2 nitrogen and oxygen atoms in total. The molecular weight excluding hydrogens is 569 g/mol. The summed E-state index contributed by atoms with van der Waals surface area (Å²) in [5.74, 6) is 0. The number of aromatic nitrogens is 1. The number of aliphatic imine (C=N–C) groups is 1. The molecule has 1 aromatic heterocycles. The van der Waals surface area contributed by atoms with E-state index in [0.717, 1.165) is 16.8 Å². The van der Waals surface area contributed by atoms with Crippen LogP contribution in [0, 0.1) is 0 Å². The Bertz CT molecular complexity index is 2380. The van der Waals surface area contributed by atoms with Crippen molar-refractivity contribution >= 4 is 39.5 Å². The van der Waals surface area contributed by atoms with Crippen LogP contribution < -0.4 is 0 Å². The van der Waals surface area contributed by atoms with E-state index in [4.69, 9.17) is 4.98 Å².